The third-order valence-electron chi connectivity index (χ3n) is 7.70. The van der Waals surface area contributed by atoms with Gasteiger partial charge in [0.15, 0.2) is 34.7 Å². The third kappa shape index (κ3) is 4.34. The molecule has 0 radical (unpaired) electrons. The van der Waals surface area contributed by atoms with Gasteiger partial charge in [-0.3, -0.25) is 24.0 Å². The van der Waals surface area contributed by atoms with E-state index in [1.54, 1.807) is 6.07 Å². The topological polar surface area (TPSA) is 198 Å². The highest BCUT2D eigenvalue weighted by molar-refractivity contribution is 7.88. The number of phenols is 1. The molecule has 3 aliphatic rings. The summed E-state index contributed by atoms with van der Waals surface area (Å²) in [6.07, 6.45) is 0.758. The second kappa shape index (κ2) is 9.41. The number of rotatable bonds is 4. The summed E-state index contributed by atoms with van der Waals surface area (Å²) in [4.78, 5) is 64.6. The molecule has 4 rings (SSSR count). The SMILES string of the molecule is CC(C)c1cc(C#CCNS(C)(=O)=O)c(O)c2c1C[C@H]1C[C@H]3CC(=O)C(C(N)=O)C(=O)[C@@]3(O)C(=O)C1C2=O. The molecule has 2 saturated carbocycles. The second-order valence-electron chi connectivity index (χ2n) is 10.5. The van der Waals surface area contributed by atoms with Crippen molar-refractivity contribution in [2.45, 2.75) is 44.6 Å². The lowest BCUT2D eigenvalue weighted by Gasteiger charge is -2.48. The minimum Gasteiger partial charge on any atom is -0.506 e. The van der Waals surface area contributed by atoms with Crippen molar-refractivity contribution in [3.05, 3.63) is 28.3 Å². The zero-order valence-electron chi connectivity index (χ0n) is 21.0. The quantitative estimate of drug-likeness (QED) is 0.281. The number of carbonyl (C=O) groups is 5. The summed E-state index contributed by atoms with van der Waals surface area (Å²) in [6, 6.07) is 1.62. The van der Waals surface area contributed by atoms with Crippen LogP contribution in [0.2, 0.25) is 0 Å². The standard InChI is InChI=1S/C26H28N2O9S/c1-11(2)15-8-12(5-4-6-28-38(3,36)37)21(30)19-16(15)9-13-7-14-10-17(29)20(25(27)34)24(33)26(14,35)23(32)18(13)22(19)31/h8,11,13-14,18,20,28,30,35H,6-7,9-10H2,1-3H3,(H2,27,34)/t13-,14+,18?,20?,26+/m1/s1. The number of ketones is 4. The van der Waals surface area contributed by atoms with Gasteiger partial charge in [-0.25, -0.2) is 13.1 Å². The molecule has 0 aliphatic heterocycles. The van der Waals surface area contributed by atoms with Crippen LogP contribution in [-0.4, -0.2) is 66.1 Å². The molecule has 1 aromatic rings. The fraction of sp³-hybridized carbons (Fsp3) is 0.500. The van der Waals surface area contributed by atoms with E-state index in [4.69, 9.17) is 5.73 Å². The molecule has 202 valence electrons. The van der Waals surface area contributed by atoms with Crippen LogP contribution in [0.5, 0.6) is 5.75 Å². The maximum Gasteiger partial charge on any atom is 0.235 e. The number of aliphatic hydroxyl groups is 1. The smallest absolute Gasteiger partial charge is 0.235 e. The number of phenolic OH excluding ortho intramolecular Hbond substituents is 1. The van der Waals surface area contributed by atoms with Crippen LogP contribution in [0.4, 0.5) is 0 Å². The highest BCUT2D eigenvalue weighted by Gasteiger charge is 2.66. The molecule has 2 fully saturated rings. The Bertz CT molecular complexity index is 1470. The molecule has 11 nitrogen and oxygen atoms in total. The van der Waals surface area contributed by atoms with E-state index in [2.05, 4.69) is 16.6 Å². The van der Waals surface area contributed by atoms with Crippen LogP contribution >= 0.6 is 0 Å². The van der Waals surface area contributed by atoms with E-state index in [-0.39, 0.29) is 36.4 Å². The number of amides is 1. The van der Waals surface area contributed by atoms with Crippen LogP contribution in [0.1, 0.15) is 59.7 Å². The molecular formula is C26H28N2O9S. The van der Waals surface area contributed by atoms with Crippen molar-refractivity contribution in [1.29, 1.82) is 0 Å². The van der Waals surface area contributed by atoms with E-state index in [0.29, 0.717) is 11.1 Å². The van der Waals surface area contributed by atoms with Crippen LogP contribution in [0.15, 0.2) is 6.07 Å². The van der Waals surface area contributed by atoms with Crippen LogP contribution < -0.4 is 10.5 Å². The Kier molecular flexibility index (Phi) is 6.84. The summed E-state index contributed by atoms with van der Waals surface area (Å²) in [6.45, 7) is 3.51. The van der Waals surface area contributed by atoms with Gasteiger partial charge in [0.2, 0.25) is 15.9 Å². The number of hydrogen-bond acceptors (Lipinski definition) is 9. The molecule has 0 spiro atoms. The molecule has 1 aromatic carbocycles. The predicted molar refractivity (Wildman–Crippen MR) is 132 cm³/mol. The summed E-state index contributed by atoms with van der Waals surface area (Å²) in [5.41, 5.74) is 3.62. The fourth-order valence-corrected chi connectivity index (χ4v) is 6.31. The number of benzene rings is 1. The van der Waals surface area contributed by atoms with Gasteiger partial charge >= 0.3 is 0 Å². The average Bonchev–Trinajstić information content (AvgIpc) is 2.79. The van der Waals surface area contributed by atoms with Crippen molar-refractivity contribution < 1.29 is 42.6 Å². The van der Waals surface area contributed by atoms with E-state index >= 15 is 0 Å². The second-order valence-corrected chi connectivity index (χ2v) is 12.3. The number of sulfonamides is 1. The van der Waals surface area contributed by atoms with Gasteiger partial charge in [0.05, 0.1) is 29.8 Å². The van der Waals surface area contributed by atoms with Crippen LogP contribution in [0.3, 0.4) is 0 Å². The number of nitrogens with two attached hydrogens (primary N) is 1. The van der Waals surface area contributed by atoms with Gasteiger partial charge in [0, 0.05) is 12.3 Å². The molecule has 38 heavy (non-hydrogen) atoms. The van der Waals surface area contributed by atoms with Crippen molar-refractivity contribution >= 4 is 39.1 Å². The van der Waals surface area contributed by atoms with Crippen molar-refractivity contribution in [2.75, 3.05) is 12.8 Å². The number of Topliss-reactive ketones (excluding diaryl/α,β-unsaturated/α-hetero) is 4. The first-order valence-corrected chi connectivity index (χ1v) is 14.0. The largest absolute Gasteiger partial charge is 0.506 e. The Labute approximate surface area is 219 Å². The molecule has 0 heterocycles. The minimum atomic E-state index is -3.49. The molecule has 2 unspecified atom stereocenters. The Balaban J connectivity index is 1.80. The van der Waals surface area contributed by atoms with Gasteiger partial charge < -0.3 is 15.9 Å². The molecular weight excluding hydrogens is 516 g/mol. The number of aromatic hydroxyl groups is 1. The lowest BCUT2D eigenvalue weighted by molar-refractivity contribution is -0.175. The number of nitrogens with one attached hydrogen (secondary N) is 1. The zero-order valence-corrected chi connectivity index (χ0v) is 21.8. The first-order chi connectivity index (χ1) is 17.6. The van der Waals surface area contributed by atoms with Crippen LogP contribution in [-0.2, 0) is 35.6 Å². The van der Waals surface area contributed by atoms with Gasteiger partial charge in [-0.05, 0) is 41.9 Å². The summed E-state index contributed by atoms with van der Waals surface area (Å²) in [5.74, 6) is -5.75. The Morgan fingerprint density at radius 3 is 2.45 bits per heavy atom. The Morgan fingerprint density at radius 1 is 1.21 bits per heavy atom. The van der Waals surface area contributed by atoms with Gasteiger partial charge in [-0.2, -0.15) is 0 Å². The first kappa shape index (κ1) is 27.6. The number of primary amides is 1. The van der Waals surface area contributed by atoms with E-state index in [0.717, 1.165) is 6.26 Å². The van der Waals surface area contributed by atoms with Gasteiger partial charge in [-0.1, -0.05) is 25.7 Å². The molecule has 0 bridgehead atoms. The summed E-state index contributed by atoms with van der Waals surface area (Å²) in [5, 5.41) is 22.3. The summed E-state index contributed by atoms with van der Waals surface area (Å²) in [7, 11) is -3.49. The fourth-order valence-electron chi connectivity index (χ4n) is 5.98. The van der Waals surface area contributed by atoms with Gasteiger partial charge in [-0.15, -0.1) is 0 Å². The molecule has 5 atom stereocenters. The van der Waals surface area contributed by atoms with E-state index in [9.17, 15) is 42.6 Å². The average molecular weight is 545 g/mol. The zero-order chi connectivity index (χ0) is 28.3. The molecule has 3 aliphatic carbocycles. The monoisotopic (exact) mass is 544 g/mol. The third-order valence-corrected chi connectivity index (χ3v) is 8.37. The molecule has 5 N–H and O–H groups in total. The van der Waals surface area contributed by atoms with E-state index in [1.165, 1.54) is 0 Å². The summed E-state index contributed by atoms with van der Waals surface area (Å²) < 4.78 is 24.8. The van der Waals surface area contributed by atoms with E-state index < -0.39 is 80.5 Å². The lowest BCUT2D eigenvalue weighted by Crippen LogP contribution is -2.68. The van der Waals surface area contributed by atoms with Crippen LogP contribution in [0, 0.1) is 35.5 Å². The maximum atomic E-state index is 13.8. The van der Waals surface area contributed by atoms with Gasteiger partial charge in [0.1, 0.15) is 5.75 Å². The minimum absolute atomic E-state index is 0.0120. The van der Waals surface area contributed by atoms with Crippen molar-refractivity contribution in [3.63, 3.8) is 0 Å². The number of fused-ring (bicyclic) bond motifs is 3. The predicted octanol–water partition coefficient (Wildman–Crippen LogP) is -0.649. The van der Waals surface area contributed by atoms with Crippen molar-refractivity contribution in [2.24, 2.45) is 29.4 Å². The molecule has 1 amide bonds. The van der Waals surface area contributed by atoms with E-state index in [1.807, 2.05) is 13.8 Å². The highest BCUT2D eigenvalue weighted by Crippen LogP contribution is 2.51. The molecule has 0 aromatic heterocycles. The number of hydrogen-bond donors (Lipinski definition) is 4. The Hall–Kier alpha value is -3.40. The number of carbonyl (C=O) groups excluding carboxylic acids is 5. The van der Waals surface area contributed by atoms with Crippen molar-refractivity contribution in [3.8, 4) is 17.6 Å². The molecule has 12 heteroatoms. The van der Waals surface area contributed by atoms with Crippen molar-refractivity contribution in [1.82, 2.24) is 4.72 Å². The normalized spacial score (nSPS) is 28.8. The van der Waals surface area contributed by atoms with Crippen LogP contribution in [0.25, 0.3) is 0 Å². The lowest BCUT2D eigenvalue weighted by atomic mass is 9.53. The highest BCUT2D eigenvalue weighted by atomic mass is 32.2. The Morgan fingerprint density at radius 2 is 1.87 bits per heavy atom. The maximum absolute atomic E-state index is 13.8. The summed E-state index contributed by atoms with van der Waals surface area (Å²) >= 11 is 0. The van der Waals surface area contributed by atoms with Gasteiger partial charge in [0.25, 0.3) is 0 Å². The first-order valence-electron chi connectivity index (χ1n) is 12.1. The molecule has 0 saturated heterocycles.